The van der Waals surface area contributed by atoms with E-state index in [-0.39, 0.29) is 27.8 Å². The van der Waals surface area contributed by atoms with E-state index in [2.05, 4.69) is 0 Å². The molecule has 5 aromatic rings. The van der Waals surface area contributed by atoms with Crippen LogP contribution in [0.2, 0.25) is 0 Å². The molecule has 0 bridgehead atoms. The highest BCUT2D eigenvalue weighted by Gasteiger charge is 2.33. The number of hydrogen-bond donors (Lipinski definition) is 0. The zero-order valence-corrected chi connectivity index (χ0v) is 20.3. The molecule has 0 aliphatic rings. The van der Waals surface area contributed by atoms with Crippen molar-refractivity contribution in [2.75, 3.05) is 0 Å². The molecule has 0 atom stereocenters. The van der Waals surface area contributed by atoms with Crippen molar-refractivity contribution in [1.29, 1.82) is 0 Å². The first kappa shape index (κ1) is 23.5. The van der Waals surface area contributed by atoms with Gasteiger partial charge >= 0.3 is 0 Å². The highest BCUT2D eigenvalue weighted by molar-refractivity contribution is 7.91. The summed E-state index contributed by atoms with van der Waals surface area (Å²) < 4.78 is 34.5. The highest BCUT2D eigenvalue weighted by atomic mass is 32.2. The molecule has 178 valence electrons. The Morgan fingerprint density at radius 1 is 0.667 bits per heavy atom. The second-order valence-corrected chi connectivity index (χ2v) is 10.4. The lowest BCUT2D eigenvalue weighted by Crippen LogP contribution is -2.11. The Bertz CT molecular complexity index is 1570. The number of furan rings is 1. The Labute approximate surface area is 210 Å². The fourth-order valence-corrected chi connectivity index (χ4v) is 5.93. The van der Waals surface area contributed by atoms with Crippen molar-refractivity contribution in [2.24, 2.45) is 0 Å². The molecular weight excluding hydrogens is 468 g/mol. The predicted octanol–water partition coefficient (Wildman–Crippen LogP) is 6.80. The molecule has 36 heavy (non-hydrogen) atoms. The quantitative estimate of drug-likeness (QED) is 0.224. The van der Waals surface area contributed by atoms with Gasteiger partial charge in [0, 0.05) is 29.5 Å². The summed E-state index contributed by atoms with van der Waals surface area (Å²) in [5, 5.41) is 0. The molecule has 0 radical (unpaired) electrons. The first-order valence-corrected chi connectivity index (χ1v) is 13.1. The van der Waals surface area contributed by atoms with E-state index in [0.29, 0.717) is 28.9 Å². The molecule has 0 N–H and O–H groups in total. The van der Waals surface area contributed by atoms with Crippen LogP contribution in [-0.2, 0) is 22.7 Å². The van der Waals surface area contributed by atoms with Gasteiger partial charge in [-0.25, -0.2) is 8.42 Å². The van der Waals surface area contributed by atoms with Crippen LogP contribution in [0.3, 0.4) is 0 Å². The van der Waals surface area contributed by atoms with Crippen molar-refractivity contribution in [3.05, 3.63) is 144 Å². The van der Waals surface area contributed by atoms with Gasteiger partial charge in [0.2, 0.25) is 9.84 Å². The summed E-state index contributed by atoms with van der Waals surface area (Å²) in [5.74, 6) is 0.551. The molecule has 1 aromatic heterocycles. The molecule has 1 heterocycles. The van der Waals surface area contributed by atoms with E-state index in [9.17, 15) is 13.2 Å². The summed E-state index contributed by atoms with van der Waals surface area (Å²) in [5.41, 5.74) is 2.52. The molecule has 0 aliphatic carbocycles. The highest BCUT2D eigenvalue weighted by Crippen LogP contribution is 2.39. The lowest BCUT2D eigenvalue weighted by atomic mass is 10.00. The largest absolute Gasteiger partial charge is 0.459 e. The minimum Gasteiger partial charge on any atom is -0.459 e. The van der Waals surface area contributed by atoms with Crippen LogP contribution in [0.25, 0.3) is 11.3 Å². The van der Waals surface area contributed by atoms with E-state index >= 15 is 0 Å². The van der Waals surface area contributed by atoms with E-state index in [1.54, 1.807) is 54.6 Å². The van der Waals surface area contributed by atoms with Gasteiger partial charge in [0.25, 0.3) is 0 Å². The lowest BCUT2D eigenvalue weighted by molar-refractivity contribution is 0.0992. The van der Waals surface area contributed by atoms with Crippen molar-refractivity contribution in [3.8, 4) is 11.3 Å². The second-order valence-electron chi connectivity index (χ2n) is 8.47. The number of carbonyl (C=O) groups is 1. The van der Waals surface area contributed by atoms with Crippen molar-refractivity contribution in [1.82, 2.24) is 0 Å². The molecule has 4 nitrogen and oxygen atoms in total. The Balaban J connectivity index is 1.74. The van der Waals surface area contributed by atoms with Gasteiger partial charge in [0.1, 0.15) is 10.7 Å². The Morgan fingerprint density at radius 2 is 1.19 bits per heavy atom. The van der Waals surface area contributed by atoms with Crippen LogP contribution in [0.4, 0.5) is 0 Å². The van der Waals surface area contributed by atoms with Gasteiger partial charge in [-0.15, -0.1) is 0 Å². The number of rotatable bonds is 8. The Hall–Kier alpha value is -4.22. The fourth-order valence-electron chi connectivity index (χ4n) is 4.27. The Morgan fingerprint density at radius 3 is 1.81 bits per heavy atom. The third-order valence-corrected chi connectivity index (χ3v) is 7.90. The van der Waals surface area contributed by atoms with Crippen molar-refractivity contribution < 1.29 is 17.6 Å². The van der Waals surface area contributed by atoms with Crippen LogP contribution in [0.5, 0.6) is 0 Å². The molecule has 0 saturated heterocycles. The summed E-state index contributed by atoms with van der Waals surface area (Å²) in [6.07, 6.45) is 0.270. The zero-order chi connectivity index (χ0) is 25.0. The number of Topliss-reactive ketones (excluding diaryl/α,β-unsaturated/α-hetero) is 1. The smallest absolute Gasteiger partial charge is 0.210 e. The van der Waals surface area contributed by atoms with Crippen LogP contribution < -0.4 is 0 Å². The fraction of sp³-hybridized carbons (Fsp3) is 0.0645. The zero-order valence-electron chi connectivity index (χ0n) is 19.5. The van der Waals surface area contributed by atoms with Crippen LogP contribution in [0.15, 0.2) is 136 Å². The summed E-state index contributed by atoms with van der Waals surface area (Å²) in [7, 11) is -3.99. The van der Waals surface area contributed by atoms with E-state index in [4.69, 9.17) is 4.42 Å². The van der Waals surface area contributed by atoms with Crippen LogP contribution >= 0.6 is 0 Å². The van der Waals surface area contributed by atoms with Crippen LogP contribution in [-0.4, -0.2) is 14.2 Å². The van der Waals surface area contributed by atoms with Gasteiger partial charge in [-0.3, -0.25) is 4.79 Å². The van der Waals surface area contributed by atoms with Gasteiger partial charge in [0.15, 0.2) is 11.5 Å². The van der Waals surface area contributed by atoms with E-state index in [1.807, 2.05) is 66.7 Å². The molecule has 0 fully saturated rings. The maximum atomic E-state index is 14.1. The molecule has 5 heteroatoms. The number of ketones is 1. The number of benzene rings is 4. The van der Waals surface area contributed by atoms with E-state index in [1.165, 1.54) is 0 Å². The average molecular weight is 493 g/mol. The average Bonchev–Trinajstić information content (AvgIpc) is 3.29. The van der Waals surface area contributed by atoms with Crippen LogP contribution in [0, 0.1) is 0 Å². The number of hydrogen-bond acceptors (Lipinski definition) is 4. The summed E-state index contributed by atoms with van der Waals surface area (Å²) in [6.45, 7) is 0. The van der Waals surface area contributed by atoms with E-state index in [0.717, 1.165) is 5.56 Å². The summed E-state index contributed by atoms with van der Waals surface area (Å²) in [4.78, 5) is 13.5. The molecule has 5 rings (SSSR count). The molecule has 0 aliphatic heterocycles. The van der Waals surface area contributed by atoms with Crippen molar-refractivity contribution >= 4 is 15.6 Å². The first-order chi connectivity index (χ1) is 17.5. The molecular formula is C31H24O4S. The van der Waals surface area contributed by atoms with E-state index < -0.39 is 9.84 Å². The molecule has 0 saturated carbocycles. The standard InChI is InChI=1S/C31H24O4S/c32-28(24-15-7-2-8-16-24)22-27-29(21-23-13-5-1-6-14-23)35-30(25-17-9-3-10-18-25)31(27)36(33,34)26-19-11-4-12-20-26/h1-20H,21-22H2. The second kappa shape index (κ2) is 10.2. The summed E-state index contributed by atoms with van der Waals surface area (Å²) in [6, 6.07) is 36.0. The van der Waals surface area contributed by atoms with Crippen molar-refractivity contribution in [2.45, 2.75) is 22.6 Å². The van der Waals surface area contributed by atoms with Gasteiger partial charge in [-0.2, -0.15) is 0 Å². The minimum absolute atomic E-state index is 0.0510. The van der Waals surface area contributed by atoms with Gasteiger partial charge in [-0.05, 0) is 17.7 Å². The number of sulfone groups is 1. The molecule has 0 unspecified atom stereocenters. The number of carbonyl (C=O) groups excluding carboxylic acids is 1. The summed E-state index contributed by atoms with van der Waals surface area (Å²) >= 11 is 0. The Kier molecular flexibility index (Phi) is 6.65. The lowest BCUT2D eigenvalue weighted by Gasteiger charge is -2.09. The van der Waals surface area contributed by atoms with Gasteiger partial charge in [-0.1, -0.05) is 109 Å². The first-order valence-electron chi connectivity index (χ1n) is 11.7. The monoisotopic (exact) mass is 492 g/mol. The van der Waals surface area contributed by atoms with Crippen molar-refractivity contribution in [3.63, 3.8) is 0 Å². The topological polar surface area (TPSA) is 64.3 Å². The maximum Gasteiger partial charge on any atom is 0.210 e. The molecule has 0 amide bonds. The third-order valence-electron chi connectivity index (χ3n) is 6.04. The maximum absolute atomic E-state index is 14.1. The third kappa shape index (κ3) is 4.79. The van der Waals surface area contributed by atoms with Gasteiger partial charge in [0.05, 0.1) is 4.90 Å². The predicted molar refractivity (Wildman–Crippen MR) is 140 cm³/mol. The molecule has 4 aromatic carbocycles. The molecule has 0 spiro atoms. The SMILES string of the molecule is O=C(Cc1c(Cc2ccccc2)oc(-c2ccccc2)c1S(=O)(=O)c1ccccc1)c1ccccc1. The van der Waals surface area contributed by atoms with Crippen LogP contribution in [0.1, 0.15) is 27.2 Å². The normalized spacial score (nSPS) is 11.3. The van der Waals surface area contributed by atoms with Gasteiger partial charge < -0.3 is 4.42 Å². The minimum atomic E-state index is -3.99.